The van der Waals surface area contributed by atoms with Gasteiger partial charge in [-0.15, -0.1) is 11.3 Å². The van der Waals surface area contributed by atoms with Crippen molar-refractivity contribution in [2.75, 3.05) is 5.32 Å². The van der Waals surface area contributed by atoms with E-state index in [9.17, 15) is 9.59 Å². The molecule has 7 nitrogen and oxygen atoms in total. The molecule has 2 rings (SSSR count). The van der Waals surface area contributed by atoms with Gasteiger partial charge >= 0.3 is 12.2 Å². The van der Waals surface area contributed by atoms with Crippen molar-refractivity contribution in [1.82, 2.24) is 10.3 Å². The van der Waals surface area contributed by atoms with Crippen LogP contribution in [0.4, 0.5) is 15.3 Å². The largest absolute Gasteiger partial charge is 0.444 e. The summed E-state index contributed by atoms with van der Waals surface area (Å²) in [7, 11) is 0. The molecule has 0 fully saturated rings. The summed E-state index contributed by atoms with van der Waals surface area (Å²) < 4.78 is 11.4. The van der Waals surface area contributed by atoms with Crippen LogP contribution in [-0.4, -0.2) is 28.4 Å². The van der Waals surface area contributed by atoms with Crippen molar-refractivity contribution in [2.24, 2.45) is 0 Å². The average molecular weight is 379 g/mol. The van der Waals surface area contributed by atoms with Gasteiger partial charge in [0.1, 0.15) is 11.2 Å². The Hall–Kier alpha value is -2.35. The highest BCUT2D eigenvalue weighted by atomic mass is 32.1. The zero-order valence-corrected chi connectivity index (χ0v) is 16.7. The number of anilines is 1. The number of carbonyl (C=O) groups is 2. The molecule has 0 aliphatic rings. The number of fused-ring (bicyclic) bond motifs is 1. The van der Waals surface area contributed by atoms with Gasteiger partial charge in [0, 0.05) is 16.5 Å². The van der Waals surface area contributed by atoms with Crippen molar-refractivity contribution in [3.8, 4) is 0 Å². The van der Waals surface area contributed by atoms with Gasteiger partial charge in [-0.3, -0.25) is 10.3 Å². The third-order valence-electron chi connectivity index (χ3n) is 2.92. The first-order valence-electron chi connectivity index (χ1n) is 8.26. The van der Waals surface area contributed by atoms with Crippen molar-refractivity contribution >= 4 is 39.3 Å². The molecule has 0 bridgehead atoms. The summed E-state index contributed by atoms with van der Waals surface area (Å²) in [5, 5.41) is 6.33. The first-order valence-corrected chi connectivity index (χ1v) is 9.08. The number of aromatic nitrogens is 1. The molecule has 26 heavy (non-hydrogen) atoms. The molecule has 0 aliphatic heterocycles. The summed E-state index contributed by atoms with van der Waals surface area (Å²) in [4.78, 5) is 28.8. The molecule has 0 unspecified atom stereocenters. The molecule has 0 aliphatic carbocycles. The van der Waals surface area contributed by atoms with Crippen LogP contribution >= 0.6 is 11.3 Å². The Morgan fingerprint density at radius 1 is 1.04 bits per heavy atom. The third-order valence-corrected chi connectivity index (χ3v) is 4.10. The molecule has 2 heterocycles. The van der Waals surface area contributed by atoms with Crippen LogP contribution in [0.1, 0.15) is 46.4 Å². The molecular formula is C18H25N3O4S. The minimum absolute atomic E-state index is 0.333. The summed E-state index contributed by atoms with van der Waals surface area (Å²) in [5.41, 5.74) is -0.549. The van der Waals surface area contributed by atoms with Gasteiger partial charge in [0.25, 0.3) is 0 Å². The summed E-state index contributed by atoms with van der Waals surface area (Å²) in [6.07, 6.45) is 2.28. The lowest BCUT2D eigenvalue weighted by atomic mass is 10.2. The molecule has 2 N–H and O–H groups in total. The Balaban J connectivity index is 2.08. The van der Waals surface area contributed by atoms with Gasteiger partial charge in [0.05, 0.1) is 23.1 Å². The number of alkyl carbamates (subject to hydrolysis) is 1. The van der Waals surface area contributed by atoms with Gasteiger partial charge in [-0.25, -0.2) is 9.59 Å². The van der Waals surface area contributed by atoms with E-state index in [1.165, 1.54) is 11.3 Å². The van der Waals surface area contributed by atoms with Gasteiger partial charge < -0.3 is 14.8 Å². The monoisotopic (exact) mass is 379 g/mol. The van der Waals surface area contributed by atoms with E-state index < -0.39 is 23.4 Å². The number of nitrogens with one attached hydrogen (secondary N) is 2. The van der Waals surface area contributed by atoms with E-state index in [1.807, 2.05) is 26.8 Å². The van der Waals surface area contributed by atoms with Crippen LogP contribution < -0.4 is 10.6 Å². The predicted octanol–water partition coefficient (Wildman–Crippen LogP) is 4.67. The fourth-order valence-corrected chi connectivity index (χ4v) is 3.11. The van der Waals surface area contributed by atoms with Crippen molar-refractivity contribution in [2.45, 2.75) is 59.3 Å². The second kappa shape index (κ2) is 7.49. The highest BCUT2D eigenvalue weighted by Crippen LogP contribution is 2.31. The van der Waals surface area contributed by atoms with Crippen molar-refractivity contribution in [3.05, 3.63) is 23.3 Å². The standard InChI is InChI=1S/C18H25N3O4S/c1-17(2,3)24-15(22)20-9-12-7-11-8-19-10-13(14(11)26-12)21-16(23)25-18(4,5)6/h7-8,10H,9H2,1-6H3,(H,20,22)(H,21,23). The molecule has 0 spiro atoms. The third kappa shape index (κ3) is 6.18. The molecule has 2 aromatic rings. The Morgan fingerprint density at radius 3 is 2.27 bits per heavy atom. The Morgan fingerprint density at radius 2 is 1.65 bits per heavy atom. The van der Waals surface area contributed by atoms with Gasteiger partial charge in [-0.1, -0.05) is 0 Å². The van der Waals surface area contributed by atoms with Gasteiger partial charge in [0.15, 0.2) is 0 Å². The molecule has 142 valence electrons. The molecule has 2 aromatic heterocycles. The smallest absolute Gasteiger partial charge is 0.412 e. The Kier molecular flexibility index (Phi) is 5.75. The SMILES string of the molecule is CC(C)(C)OC(=O)NCc1cc2cncc(NC(=O)OC(C)(C)C)c2s1. The lowest BCUT2D eigenvalue weighted by molar-refractivity contribution is 0.0523. The van der Waals surface area contributed by atoms with Crippen LogP contribution in [0.5, 0.6) is 0 Å². The second-order valence-corrected chi connectivity index (χ2v) is 8.94. The minimum Gasteiger partial charge on any atom is -0.444 e. The van der Waals surface area contributed by atoms with Gasteiger partial charge in [-0.2, -0.15) is 0 Å². The van der Waals surface area contributed by atoms with Crippen LogP contribution in [0.2, 0.25) is 0 Å². The number of amides is 2. The number of nitrogens with zero attached hydrogens (tertiary/aromatic N) is 1. The number of hydrogen-bond donors (Lipinski definition) is 2. The van der Waals surface area contributed by atoms with E-state index >= 15 is 0 Å². The minimum atomic E-state index is -0.580. The fourth-order valence-electron chi connectivity index (χ4n) is 2.08. The maximum atomic E-state index is 12.0. The molecule has 0 radical (unpaired) electrons. The quantitative estimate of drug-likeness (QED) is 0.809. The van der Waals surface area contributed by atoms with Gasteiger partial charge in [0.2, 0.25) is 0 Å². The summed E-state index contributed by atoms with van der Waals surface area (Å²) in [6.45, 7) is 11.2. The van der Waals surface area contributed by atoms with E-state index in [0.717, 1.165) is 15.0 Å². The molecule has 0 aromatic carbocycles. The average Bonchev–Trinajstić information content (AvgIpc) is 2.85. The molecular weight excluding hydrogens is 354 g/mol. The van der Waals surface area contributed by atoms with Crippen LogP contribution in [0.25, 0.3) is 10.1 Å². The van der Waals surface area contributed by atoms with Crippen LogP contribution in [0, 0.1) is 0 Å². The van der Waals surface area contributed by atoms with E-state index in [2.05, 4.69) is 15.6 Å². The van der Waals surface area contributed by atoms with Crippen molar-refractivity contribution < 1.29 is 19.1 Å². The Labute approximate surface area is 157 Å². The fraction of sp³-hybridized carbons (Fsp3) is 0.500. The number of hydrogen-bond acceptors (Lipinski definition) is 6. The highest BCUT2D eigenvalue weighted by Gasteiger charge is 2.18. The van der Waals surface area contributed by atoms with Gasteiger partial charge in [-0.05, 0) is 47.6 Å². The lowest BCUT2D eigenvalue weighted by Crippen LogP contribution is -2.31. The number of ether oxygens (including phenoxy) is 2. The molecule has 0 saturated carbocycles. The number of pyridine rings is 1. The summed E-state index contributed by atoms with van der Waals surface area (Å²) in [6, 6.07) is 1.92. The lowest BCUT2D eigenvalue weighted by Gasteiger charge is -2.19. The van der Waals surface area contributed by atoms with E-state index in [0.29, 0.717) is 12.2 Å². The van der Waals surface area contributed by atoms with Crippen LogP contribution in [-0.2, 0) is 16.0 Å². The van der Waals surface area contributed by atoms with Crippen molar-refractivity contribution in [1.29, 1.82) is 0 Å². The highest BCUT2D eigenvalue weighted by molar-refractivity contribution is 7.19. The zero-order valence-electron chi connectivity index (χ0n) is 15.9. The first kappa shape index (κ1) is 20.0. The molecule has 8 heteroatoms. The molecule has 0 atom stereocenters. The molecule has 0 saturated heterocycles. The van der Waals surface area contributed by atoms with Crippen molar-refractivity contribution in [3.63, 3.8) is 0 Å². The van der Waals surface area contributed by atoms with E-state index in [4.69, 9.17) is 9.47 Å². The van der Waals surface area contributed by atoms with Crippen LogP contribution in [0.3, 0.4) is 0 Å². The second-order valence-electron chi connectivity index (χ2n) is 7.80. The molecule has 2 amide bonds. The Bertz CT molecular complexity index is 803. The van der Waals surface area contributed by atoms with E-state index in [1.54, 1.807) is 33.2 Å². The predicted molar refractivity (Wildman–Crippen MR) is 103 cm³/mol. The summed E-state index contributed by atoms with van der Waals surface area (Å²) in [5.74, 6) is 0. The first-order chi connectivity index (χ1) is 11.9. The topological polar surface area (TPSA) is 89.5 Å². The van der Waals surface area contributed by atoms with Crippen LogP contribution in [0.15, 0.2) is 18.5 Å². The summed E-state index contributed by atoms with van der Waals surface area (Å²) >= 11 is 1.46. The zero-order chi connectivity index (χ0) is 19.5. The van der Waals surface area contributed by atoms with E-state index in [-0.39, 0.29) is 0 Å². The normalized spacial score (nSPS) is 11.9. The number of rotatable bonds is 3. The number of carbonyl (C=O) groups excluding carboxylic acids is 2. The maximum Gasteiger partial charge on any atom is 0.412 e. The number of thiophene rings is 1. The maximum absolute atomic E-state index is 12.0.